The minimum Gasteiger partial charge on any atom is -0.493 e. The van der Waals surface area contributed by atoms with Gasteiger partial charge >= 0.3 is 0 Å². The molecule has 0 bridgehead atoms. The zero-order valence-electron chi connectivity index (χ0n) is 9.53. The lowest BCUT2D eigenvalue weighted by Gasteiger charge is -2.14. The Morgan fingerprint density at radius 2 is 1.88 bits per heavy atom. The number of hydrogen-bond acceptors (Lipinski definition) is 2. The van der Waals surface area contributed by atoms with Crippen LogP contribution in [0.1, 0.15) is 6.42 Å². The zero-order chi connectivity index (χ0) is 12.1. The molecule has 1 aromatic rings. The van der Waals surface area contributed by atoms with Crippen LogP contribution >= 0.6 is 23.2 Å². The summed E-state index contributed by atoms with van der Waals surface area (Å²) in [5.41, 5.74) is 0. The third kappa shape index (κ3) is 3.91. The van der Waals surface area contributed by atoms with Crippen molar-refractivity contribution in [2.45, 2.75) is 6.42 Å². The Balaban J connectivity index is 1.69. The molecule has 1 aromatic carbocycles. The Bertz CT molecular complexity index is 398. The van der Waals surface area contributed by atoms with E-state index in [2.05, 4.69) is 17.1 Å². The molecule has 0 aromatic heterocycles. The molecule has 0 N–H and O–H groups in total. The Morgan fingerprint density at radius 3 is 2.59 bits per heavy atom. The third-order valence-electron chi connectivity index (χ3n) is 2.67. The van der Waals surface area contributed by atoms with Gasteiger partial charge in [0.2, 0.25) is 0 Å². The largest absolute Gasteiger partial charge is 0.493 e. The minimum atomic E-state index is 0.535. The highest BCUT2D eigenvalue weighted by Gasteiger charge is 2.05. The summed E-state index contributed by atoms with van der Waals surface area (Å²) >= 11 is 11.7. The summed E-state index contributed by atoms with van der Waals surface area (Å²) in [6.07, 6.45) is 5.40. The van der Waals surface area contributed by atoms with E-state index < -0.39 is 0 Å². The van der Waals surface area contributed by atoms with Crippen molar-refractivity contribution in [1.29, 1.82) is 0 Å². The first-order chi connectivity index (χ1) is 8.25. The Labute approximate surface area is 112 Å². The molecule has 4 heteroatoms. The normalized spacial score (nSPS) is 15.4. The molecule has 0 unspecified atom stereocenters. The van der Waals surface area contributed by atoms with Crippen molar-refractivity contribution in [1.82, 2.24) is 4.90 Å². The van der Waals surface area contributed by atoms with Crippen molar-refractivity contribution in [3.63, 3.8) is 0 Å². The van der Waals surface area contributed by atoms with Gasteiger partial charge in [0.1, 0.15) is 5.75 Å². The van der Waals surface area contributed by atoms with Gasteiger partial charge in [-0.1, -0.05) is 35.4 Å². The van der Waals surface area contributed by atoms with Crippen LogP contribution in [0.2, 0.25) is 10.0 Å². The Morgan fingerprint density at radius 1 is 1.12 bits per heavy atom. The number of ether oxygens (including phenoxy) is 1. The van der Waals surface area contributed by atoms with Gasteiger partial charge in [0, 0.05) is 25.7 Å². The van der Waals surface area contributed by atoms with Gasteiger partial charge in [0.05, 0.1) is 16.7 Å². The number of benzene rings is 1. The van der Waals surface area contributed by atoms with Crippen LogP contribution in [0.15, 0.2) is 30.4 Å². The van der Waals surface area contributed by atoms with Crippen LogP contribution in [0, 0.1) is 0 Å². The van der Waals surface area contributed by atoms with E-state index in [-0.39, 0.29) is 0 Å². The molecule has 2 rings (SSSR count). The summed E-state index contributed by atoms with van der Waals surface area (Å²) in [5, 5.41) is 1.09. The summed E-state index contributed by atoms with van der Waals surface area (Å²) in [6.45, 7) is 3.89. The second-order valence-corrected chi connectivity index (χ2v) is 4.82. The first kappa shape index (κ1) is 12.7. The van der Waals surface area contributed by atoms with Gasteiger partial charge in [-0.3, -0.25) is 4.90 Å². The van der Waals surface area contributed by atoms with Gasteiger partial charge in [0.25, 0.3) is 0 Å². The number of halogens is 2. The van der Waals surface area contributed by atoms with Crippen molar-refractivity contribution in [3.8, 4) is 5.75 Å². The molecule has 1 aliphatic heterocycles. The van der Waals surface area contributed by atoms with Crippen molar-refractivity contribution >= 4 is 23.2 Å². The topological polar surface area (TPSA) is 12.5 Å². The monoisotopic (exact) mass is 271 g/mol. The molecule has 0 amide bonds. The molecule has 1 aliphatic rings. The number of nitrogens with zero attached hydrogens (tertiary/aromatic N) is 1. The first-order valence-electron chi connectivity index (χ1n) is 5.71. The molecular formula is C13H15Cl2NO. The molecule has 0 spiro atoms. The van der Waals surface area contributed by atoms with E-state index in [1.165, 1.54) is 0 Å². The lowest BCUT2D eigenvalue weighted by molar-refractivity contribution is 0.268. The van der Waals surface area contributed by atoms with Crippen LogP contribution in [-0.2, 0) is 0 Å². The quantitative estimate of drug-likeness (QED) is 0.599. The first-order valence-corrected chi connectivity index (χ1v) is 6.46. The molecule has 0 saturated heterocycles. The fourth-order valence-electron chi connectivity index (χ4n) is 1.75. The fraction of sp³-hybridized carbons (Fsp3) is 0.385. The van der Waals surface area contributed by atoms with Gasteiger partial charge in [0.15, 0.2) is 0 Å². The van der Waals surface area contributed by atoms with E-state index >= 15 is 0 Å². The van der Waals surface area contributed by atoms with Crippen LogP contribution < -0.4 is 4.74 Å². The lowest BCUT2D eigenvalue weighted by Crippen LogP contribution is -2.22. The predicted octanol–water partition coefficient (Wildman–Crippen LogP) is 3.63. The van der Waals surface area contributed by atoms with E-state index in [4.69, 9.17) is 27.9 Å². The summed E-state index contributed by atoms with van der Waals surface area (Å²) in [6, 6.07) is 5.34. The van der Waals surface area contributed by atoms with Gasteiger partial charge in [-0.05, 0) is 18.6 Å². The molecule has 0 radical (unpaired) electrons. The summed E-state index contributed by atoms with van der Waals surface area (Å²) in [7, 11) is 0. The second kappa shape index (κ2) is 6.29. The summed E-state index contributed by atoms with van der Waals surface area (Å²) in [5.74, 6) is 0.777. The summed E-state index contributed by atoms with van der Waals surface area (Å²) in [4.78, 5) is 2.37. The standard InChI is InChI=1S/C13H15Cl2NO/c14-12-5-4-11(10-13(12)15)17-9-3-8-16-6-1-2-7-16/h1-2,4-5,10H,3,6-9H2. The predicted molar refractivity (Wildman–Crippen MR) is 72.2 cm³/mol. The fourth-order valence-corrected chi connectivity index (χ4v) is 2.04. The van der Waals surface area contributed by atoms with Crippen LogP contribution in [0.5, 0.6) is 5.75 Å². The van der Waals surface area contributed by atoms with Crippen LogP contribution in [-0.4, -0.2) is 31.1 Å². The molecular weight excluding hydrogens is 257 g/mol. The van der Waals surface area contributed by atoms with Gasteiger partial charge in [-0.25, -0.2) is 0 Å². The molecule has 0 saturated carbocycles. The van der Waals surface area contributed by atoms with Gasteiger partial charge < -0.3 is 4.74 Å². The van der Waals surface area contributed by atoms with Crippen molar-refractivity contribution in [2.24, 2.45) is 0 Å². The van der Waals surface area contributed by atoms with Crippen LogP contribution in [0.3, 0.4) is 0 Å². The molecule has 2 nitrogen and oxygen atoms in total. The number of hydrogen-bond donors (Lipinski definition) is 0. The van der Waals surface area contributed by atoms with E-state index in [1.54, 1.807) is 12.1 Å². The highest BCUT2D eigenvalue weighted by atomic mass is 35.5. The van der Waals surface area contributed by atoms with Crippen molar-refractivity contribution < 1.29 is 4.74 Å². The van der Waals surface area contributed by atoms with E-state index in [0.717, 1.165) is 31.8 Å². The van der Waals surface area contributed by atoms with Crippen molar-refractivity contribution in [3.05, 3.63) is 40.4 Å². The molecule has 0 aliphatic carbocycles. The van der Waals surface area contributed by atoms with Crippen LogP contribution in [0.25, 0.3) is 0 Å². The zero-order valence-corrected chi connectivity index (χ0v) is 11.0. The maximum atomic E-state index is 5.90. The minimum absolute atomic E-state index is 0.535. The number of rotatable bonds is 5. The Hall–Kier alpha value is -0.700. The average Bonchev–Trinajstić information content (AvgIpc) is 2.82. The third-order valence-corrected chi connectivity index (χ3v) is 3.41. The van der Waals surface area contributed by atoms with E-state index in [1.807, 2.05) is 6.07 Å². The van der Waals surface area contributed by atoms with Gasteiger partial charge in [-0.15, -0.1) is 0 Å². The highest BCUT2D eigenvalue weighted by molar-refractivity contribution is 6.42. The molecule has 0 fully saturated rings. The molecule has 0 atom stereocenters. The smallest absolute Gasteiger partial charge is 0.120 e. The maximum Gasteiger partial charge on any atom is 0.120 e. The molecule has 92 valence electrons. The van der Waals surface area contributed by atoms with E-state index in [9.17, 15) is 0 Å². The van der Waals surface area contributed by atoms with Crippen molar-refractivity contribution in [2.75, 3.05) is 26.2 Å². The SMILES string of the molecule is Clc1ccc(OCCCN2CC=CC2)cc1Cl. The summed E-state index contributed by atoms with van der Waals surface area (Å²) < 4.78 is 5.61. The second-order valence-electron chi connectivity index (χ2n) is 4.01. The molecule has 17 heavy (non-hydrogen) atoms. The highest BCUT2D eigenvalue weighted by Crippen LogP contribution is 2.26. The average molecular weight is 272 g/mol. The van der Waals surface area contributed by atoms with Crippen LogP contribution in [0.4, 0.5) is 0 Å². The van der Waals surface area contributed by atoms with E-state index in [0.29, 0.717) is 16.7 Å². The Kier molecular flexibility index (Phi) is 4.72. The maximum absolute atomic E-state index is 5.90. The molecule has 1 heterocycles. The van der Waals surface area contributed by atoms with Gasteiger partial charge in [-0.2, -0.15) is 0 Å². The lowest BCUT2D eigenvalue weighted by atomic mass is 10.3.